The van der Waals surface area contributed by atoms with Gasteiger partial charge in [0.15, 0.2) is 0 Å². The molecule has 0 fully saturated rings. The minimum Gasteiger partial charge on any atom is -0.348 e. The van der Waals surface area contributed by atoms with Gasteiger partial charge in [-0.05, 0) is 58.7 Å². The normalized spacial score (nSPS) is 10.9. The maximum Gasteiger partial charge on any atom is 0.244 e. The topological polar surface area (TPSA) is 84.0 Å². The lowest BCUT2D eigenvalue weighted by Gasteiger charge is -2.06. The quantitative estimate of drug-likeness (QED) is 0.571. The van der Waals surface area contributed by atoms with E-state index in [9.17, 15) is 9.59 Å². The number of rotatable bonds is 8. The summed E-state index contributed by atoms with van der Waals surface area (Å²) in [5, 5.41) is 5.69. The summed E-state index contributed by atoms with van der Waals surface area (Å²) in [6.07, 6.45) is 13.2. The van der Waals surface area contributed by atoms with Crippen molar-refractivity contribution in [3.63, 3.8) is 0 Å². The van der Waals surface area contributed by atoms with Crippen LogP contribution in [0.5, 0.6) is 0 Å². The highest BCUT2D eigenvalue weighted by Gasteiger charge is 2.00. The third-order valence-electron chi connectivity index (χ3n) is 4.22. The van der Waals surface area contributed by atoms with Gasteiger partial charge in [0.1, 0.15) is 0 Å². The van der Waals surface area contributed by atoms with E-state index >= 15 is 0 Å². The highest BCUT2D eigenvalue weighted by molar-refractivity contribution is 5.92. The molecule has 0 saturated heterocycles. The lowest BCUT2D eigenvalue weighted by atomic mass is 10.1. The Kier molecular flexibility index (Phi) is 7.62. The summed E-state index contributed by atoms with van der Waals surface area (Å²) < 4.78 is 0. The van der Waals surface area contributed by atoms with Crippen molar-refractivity contribution < 1.29 is 9.59 Å². The zero-order valence-electron chi connectivity index (χ0n) is 16.4. The number of carbonyl (C=O) groups is 2. The Bertz CT molecular complexity index is 930. The lowest BCUT2D eigenvalue weighted by Crippen LogP contribution is -2.21. The first-order valence-corrected chi connectivity index (χ1v) is 9.49. The molecule has 30 heavy (non-hydrogen) atoms. The van der Waals surface area contributed by atoms with Crippen molar-refractivity contribution in [3.05, 3.63) is 108 Å². The van der Waals surface area contributed by atoms with E-state index in [4.69, 9.17) is 0 Å². The number of aromatic nitrogens is 2. The highest BCUT2D eigenvalue weighted by atomic mass is 16.2. The molecule has 2 aromatic heterocycles. The van der Waals surface area contributed by atoms with E-state index in [1.165, 1.54) is 12.2 Å². The molecule has 2 heterocycles. The second-order valence-electron chi connectivity index (χ2n) is 6.48. The van der Waals surface area contributed by atoms with E-state index in [-0.39, 0.29) is 11.8 Å². The second kappa shape index (κ2) is 11.1. The minimum absolute atomic E-state index is 0.163. The molecule has 0 saturated carbocycles. The number of amides is 2. The maximum atomic E-state index is 11.9. The molecule has 2 amide bonds. The van der Waals surface area contributed by atoms with E-state index in [0.717, 1.165) is 22.3 Å². The van der Waals surface area contributed by atoms with Crippen LogP contribution in [0, 0.1) is 0 Å². The van der Waals surface area contributed by atoms with Crippen LogP contribution in [0.1, 0.15) is 22.3 Å². The standard InChI is InChI=1S/C24H22N4O2/c29-23(7-5-19-9-13-25-14-10-19)27-17-21-1-2-22(4-3-21)18-28-24(30)8-6-20-11-15-26-16-12-20/h1-16H,17-18H2,(H,27,29)(H,28,30). The van der Waals surface area contributed by atoms with Crippen LogP contribution < -0.4 is 10.6 Å². The number of nitrogens with one attached hydrogen (secondary N) is 2. The molecule has 0 atom stereocenters. The zero-order chi connectivity index (χ0) is 21.0. The van der Waals surface area contributed by atoms with Crippen molar-refractivity contribution in [2.75, 3.05) is 0 Å². The average molecular weight is 398 g/mol. The summed E-state index contributed by atoms with van der Waals surface area (Å²) in [7, 11) is 0. The molecule has 6 nitrogen and oxygen atoms in total. The Morgan fingerprint density at radius 3 is 1.37 bits per heavy atom. The van der Waals surface area contributed by atoms with E-state index < -0.39 is 0 Å². The molecular formula is C24H22N4O2. The average Bonchev–Trinajstić information content (AvgIpc) is 2.80. The molecule has 2 N–H and O–H groups in total. The van der Waals surface area contributed by atoms with Crippen molar-refractivity contribution in [2.24, 2.45) is 0 Å². The summed E-state index contributed by atoms with van der Waals surface area (Å²) in [4.78, 5) is 31.7. The van der Waals surface area contributed by atoms with E-state index in [1.807, 2.05) is 48.5 Å². The number of pyridine rings is 2. The fourth-order valence-corrected chi connectivity index (χ4v) is 2.56. The first-order valence-electron chi connectivity index (χ1n) is 9.49. The summed E-state index contributed by atoms with van der Waals surface area (Å²) in [5.41, 5.74) is 3.80. The third-order valence-corrected chi connectivity index (χ3v) is 4.22. The van der Waals surface area contributed by atoms with Gasteiger partial charge in [0, 0.05) is 50.0 Å². The van der Waals surface area contributed by atoms with Crippen molar-refractivity contribution >= 4 is 24.0 Å². The molecular weight excluding hydrogens is 376 g/mol. The van der Waals surface area contributed by atoms with Gasteiger partial charge in [0.05, 0.1) is 0 Å². The first kappa shape index (κ1) is 20.7. The van der Waals surface area contributed by atoms with Crippen LogP contribution in [0.3, 0.4) is 0 Å². The molecule has 0 bridgehead atoms. The molecule has 3 aromatic rings. The summed E-state index contributed by atoms with van der Waals surface area (Å²) in [6, 6.07) is 15.0. The van der Waals surface area contributed by atoms with Crippen LogP contribution in [0.2, 0.25) is 0 Å². The smallest absolute Gasteiger partial charge is 0.244 e. The third kappa shape index (κ3) is 7.16. The molecule has 0 aliphatic carbocycles. The van der Waals surface area contributed by atoms with Crippen LogP contribution in [-0.2, 0) is 22.7 Å². The Labute approximate surface area is 175 Å². The van der Waals surface area contributed by atoms with E-state index in [2.05, 4.69) is 20.6 Å². The molecule has 1 aromatic carbocycles. The number of hydrogen-bond acceptors (Lipinski definition) is 4. The summed E-state index contributed by atoms with van der Waals surface area (Å²) in [6.45, 7) is 0.863. The monoisotopic (exact) mass is 398 g/mol. The molecule has 6 heteroatoms. The van der Waals surface area contributed by atoms with Gasteiger partial charge < -0.3 is 10.6 Å². The minimum atomic E-state index is -0.163. The summed E-state index contributed by atoms with van der Waals surface area (Å²) >= 11 is 0. The number of carbonyl (C=O) groups excluding carboxylic acids is 2. The molecule has 3 rings (SSSR count). The van der Waals surface area contributed by atoms with Gasteiger partial charge in [-0.1, -0.05) is 24.3 Å². The fourth-order valence-electron chi connectivity index (χ4n) is 2.56. The maximum absolute atomic E-state index is 11.9. The Morgan fingerprint density at radius 1 is 0.633 bits per heavy atom. The van der Waals surface area contributed by atoms with Crippen molar-refractivity contribution in [1.82, 2.24) is 20.6 Å². The van der Waals surface area contributed by atoms with Gasteiger partial charge in [-0.25, -0.2) is 0 Å². The van der Waals surface area contributed by atoms with E-state index in [0.29, 0.717) is 13.1 Å². The largest absolute Gasteiger partial charge is 0.348 e. The summed E-state index contributed by atoms with van der Waals surface area (Å²) in [5.74, 6) is -0.326. The van der Waals surface area contributed by atoms with Crippen LogP contribution in [-0.4, -0.2) is 21.8 Å². The molecule has 0 spiro atoms. The molecule has 0 aliphatic rings. The Morgan fingerprint density at radius 2 is 1.00 bits per heavy atom. The zero-order valence-corrected chi connectivity index (χ0v) is 16.4. The van der Waals surface area contributed by atoms with Crippen LogP contribution >= 0.6 is 0 Å². The Balaban J connectivity index is 1.41. The van der Waals surface area contributed by atoms with E-state index in [1.54, 1.807) is 36.9 Å². The van der Waals surface area contributed by atoms with Gasteiger partial charge in [-0.15, -0.1) is 0 Å². The van der Waals surface area contributed by atoms with Crippen molar-refractivity contribution in [2.45, 2.75) is 13.1 Å². The molecule has 0 aliphatic heterocycles. The fraction of sp³-hybridized carbons (Fsp3) is 0.0833. The first-order chi connectivity index (χ1) is 14.7. The number of benzene rings is 1. The second-order valence-corrected chi connectivity index (χ2v) is 6.48. The van der Waals surface area contributed by atoms with Crippen molar-refractivity contribution in [1.29, 1.82) is 0 Å². The van der Waals surface area contributed by atoms with Gasteiger partial charge >= 0.3 is 0 Å². The molecule has 150 valence electrons. The van der Waals surface area contributed by atoms with Gasteiger partial charge in [-0.3, -0.25) is 19.6 Å². The number of hydrogen-bond donors (Lipinski definition) is 2. The lowest BCUT2D eigenvalue weighted by molar-refractivity contribution is -0.117. The molecule has 0 unspecified atom stereocenters. The van der Waals surface area contributed by atoms with Gasteiger partial charge in [0.2, 0.25) is 11.8 Å². The SMILES string of the molecule is O=C(C=Cc1ccncc1)NCc1ccc(CNC(=O)C=Cc2ccncc2)cc1. The highest BCUT2D eigenvalue weighted by Crippen LogP contribution is 2.05. The van der Waals surface area contributed by atoms with Crippen LogP contribution in [0.15, 0.2) is 85.5 Å². The Hall–Kier alpha value is -4.06. The molecule has 0 radical (unpaired) electrons. The number of nitrogens with zero attached hydrogens (tertiary/aromatic N) is 2. The van der Waals surface area contributed by atoms with Crippen LogP contribution in [0.4, 0.5) is 0 Å². The van der Waals surface area contributed by atoms with Gasteiger partial charge in [-0.2, -0.15) is 0 Å². The van der Waals surface area contributed by atoms with Crippen LogP contribution in [0.25, 0.3) is 12.2 Å². The predicted molar refractivity (Wildman–Crippen MR) is 117 cm³/mol. The van der Waals surface area contributed by atoms with Crippen molar-refractivity contribution in [3.8, 4) is 0 Å². The predicted octanol–water partition coefficient (Wildman–Crippen LogP) is 3.14. The van der Waals surface area contributed by atoms with Gasteiger partial charge in [0.25, 0.3) is 0 Å².